The Morgan fingerprint density at radius 2 is 2.29 bits per heavy atom. The molecule has 0 saturated carbocycles. The third-order valence-corrected chi connectivity index (χ3v) is 1.94. The highest BCUT2D eigenvalue weighted by Crippen LogP contribution is 2.13. The van der Waals surface area contributed by atoms with Crippen LogP contribution in [0, 0.1) is 18.3 Å². The molecule has 0 spiro atoms. The molecule has 74 valence electrons. The van der Waals surface area contributed by atoms with Crippen LogP contribution in [0.25, 0.3) is 0 Å². The van der Waals surface area contributed by atoms with Crippen molar-refractivity contribution in [1.29, 1.82) is 5.26 Å². The summed E-state index contributed by atoms with van der Waals surface area (Å²) in [6, 6.07) is 3.14. The fraction of sp³-hybridized carbons (Fsp3) is 0.333. The molecule has 0 amide bonds. The lowest BCUT2D eigenvalue weighted by Gasteiger charge is -2.13. The number of aryl methyl sites for hydroxylation is 1. The van der Waals surface area contributed by atoms with Crippen molar-refractivity contribution in [2.45, 2.75) is 20.0 Å². The molecule has 1 aromatic rings. The molecule has 1 unspecified atom stereocenters. The summed E-state index contributed by atoms with van der Waals surface area (Å²) < 4.78 is 0.978. The van der Waals surface area contributed by atoms with Crippen LogP contribution in [-0.4, -0.2) is 9.67 Å². The Kier molecular flexibility index (Phi) is 2.58. The molecular weight excluding hydrogens is 182 g/mol. The number of aromatic hydroxyl groups is 1. The molecule has 0 aliphatic rings. The van der Waals surface area contributed by atoms with Crippen LogP contribution in [0.1, 0.15) is 24.2 Å². The molecular formula is C9H11N3O2. The van der Waals surface area contributed by atoms with Crippen LogP contribution >= 0.6 is 0 Å². The molecule has 5 heteroatoms. The van der Waals surface area contributed by atoms with E-state index in [1.807, 2.05) is 0 Å². The topological polar surface area (TPSA) is 92.0 Å². The van der Waals surface area contributed by atoms with Gasteiger partial charge < -0.3 is 10.8 Å². The highest BCUT2D eigenvalue weighted by molar-refractivity contribution is 5.37. The molecule has 0 radical (unpaired) electrons. The average molecular weight is 193 g/mol. The summed E-state index contributed by atoms with van der Waals surface area (Å²) in [4.78, 5) is 11.6. The Bertz CT molecular complexity index is 454. The summed E-state index contributed by atoms with van der Waals surface area (Å²) in [6.45, 7) is 3.14. The average Bonchev–Trinajstić information content (AvgIpc) is 2.02. The van der Waals surface area contributed by atoms with Crippen molar-refractivity contribution < 1.29 is 5.11 Å². The van der Waals surface area contributed by atoms with Gasteiger partial charge >= 0.3 is 0 Å². The van der Waals surface area contributed by atoms with Crippen molar-refractivity contribution in [3.63, 3.8) is 0 Å². The molecule has 0 fully saturated rings. The molecule has 1 rings (SSSR count). The number of nitrogens with zero attached hydrogens (tertiary/aromatic N) is 2. The summed E-state index contributed by atoms with van der Waals surface area (Å²) >= 11 is 0. The van der Waals surface area contributed by atoms with Crippen LogP contribution < -0.4 is 11.3 Å². The zero-order chi connectivity index (χ0) is 10.9. The van der Waals surface area contributed by atoms with E-state index in [1.165, 1.54) is 6.07 Å². The van der Waals surface area contributed by atoms with Gasteiger partial charge in [0.1, 0.15) is 11.6 Å². The van der Waals surface area contributed by atoms with E-state index < -0.39 is 11.7 Å². The predicted molar refractivity (Wildman–Crippen MR) is 50.7 cm³/mol. The molecule has 1 aromatic heterocycles. The van der Waals surface area contributed by atoms with Crippen molar-refractivity contribution in [3.05, 3.63) is 27.5 Å². The largest absolute Gasteiger partial charge is 0.494 e. The minimum Gasteiger partial charge on any atom is -0.494 e. The molecule has 5 nitrogen and oxygen atoms in total. The normalized spacial score (nSPS) is 12.1. The van der Waals surface area contributed by atoms with Gasteiger partial charge in [0.15, 0.2) is 5.88 Å². The first kappa shape index (κ1) is 10.3. The van der Waals surface area contributed by atoms with Gasteiger partial charge in [-0.25, -0.2) is 0 Å². The van der Waals surface area contributed by atoms with Crippen molar-refractivity contribution >= 4 is 0 Å². The highest BCUT2D eigenvalue weighted by Gasteiger charge is 2.13. The van der Waals surface area contributed by atoms with E-state index in [-0.39, 0.29) is 11.4 Å². The highest BCUT2D eigenvalue weighted by atomic mass is 16.3. The van der Waals surface area contributed by atoms with Gasteiger partial charge in [-0.2, -0.15) is 5.26 Å². The number of nitriles is 1. The van der Waals surface area contributed by atoms with E-state index in [0.717, 1.165) is 4.57 Å². The van der Waals surface area contributed by atoms with Gasteiger partial charge in [-0.15, -0.1) is 0 Å². The molecule has 1 heterocycles. The number of hydrogen-bond donors (Lipinski definition) is 2. The Morgan fingerprint density at radius 3 is 2.71 bits per heavy atom. The van der Waals surface area contributed by atoms with Gasteiger partial charge in [-0.3, -0.25) is 9.36 Å². The molecule has 0 aliphatic carbocycles. The smallest absolute Gasteiger partial charge is 0.272 e. The first-order valence-electron chi connectivity index (χ1n) is 4.09. The van der Waals surface area contributed by atoms with Crippen molar-refractivity contribution in [3.8, 4) is 11.9 Å². The van der Waals surface area contributed by atoms with Crippen LogP contribution in [0.15, 0.2) is 10.9 Å². The zero-order valence-corrected chi connectivity index (χ0v) is 7.98. The molecule has 1 atom stereocenters. The Hall–Kier alpha value is -1.80. The summed E-state index contributed by atoms with van der Waals surface area (Å²) in [5, 5.41) is 18.1. The van der Waals surface area contributed by atoms with Crippen molar-refractivity contribution in [1.82, 2.24) is 4.57 Å². The van der Waals surface area contributed by atoms with E-state index in [1.54, 1.807) is 19.9 Å². The summed E-state index contributed by atoms with van der Waals surface area (Å²) in [5.74, 6) is -0.221. The Morgan fingerprint density at radius 1 is 1.71 bits per heavy atom. The van der Waals surface area contributed by atoms with Crippen molar-refractivity contribution in [2.75, 3.05) is 0 Å². The molecule has 14 heavy (non-hydrogen) atoms. The van der Waals surface area contributed by atoms with Crippen LogP contribution in [-0.2, 0) is 0 Å². The monoisotopic (exact) mass is 193 g/mol. The second-order valence-corrected chi connectivity index (χ2v) is 3.09. The third kappa shape index (κ3) is 1.47. The fourth-order valence-electron chi connectivity index (χ4n) is 1.26. The van der Waals surface area contributed by atoms with Crippen LogP contribution in [0.4, 0.5) is 0 Å². The van der Waals surface area contributed by atoms with E-state index in [9.17, 15) is 9.90 Å². The molecule has 3 N–H and O–H groups in total. The molecule has 0 saturated heterocycles. The maximum Gasteiger partial charge on any atom is 0.272 e. The van der Waals surface area contributed by atoms with Gasteiger partial charge in [0.2, 0.25) is 0 Å². The maximum absolute atomic E-state index is 11.6. The second-order valence-electron chi connectivity index (χ2n) is 3.09. The minimum atomic E-state index is -0.657. The van der Waals surface area contributed by atoms with Gasteiger partial charge in [-0.05, 0) is 19.4 Å². The van der Waals surface area contributed by atoms with Crippen LogP contribution in [0.2, 0.25) is 0 Å². The first-order chi connectivity index (χ1) is 6.49. The van der Waals surface area contributed by atoms with Crippen LogP contribution in [0.3, 0.4) is 0 Å². The molecule has 0 aromatic carbocycles. The van der Waals surface area contributed by atoms with E-state index >= 15 is 0 Å². The maximum atomic E-state index is 11.6. The lowest BCUT2D eigenvalue weighted by Crippen LogP contribution is -2.30. The van der Waals surface area contributed by atoms with E-state index in [0.29, 0.717) is 5.56 Å². The SMILES string of the molecule is Cc1cc(O)n(C(C)N)c(=O)c1C#N. The van der Waals surface area contributed by atoms with Gasteiger partial charge in [0.25, 0.3) is 5.56 Å². The fourth-order valence-corrected chi connectivity index (χ4v) is 1.26. The van der Waals surface area contributed by atoms with Gasteiger partial charge in [0, 0.05) is 6.07 Å². The van der Waals surface area contributed by atoms with E-state index in [2.05, 4.69) is 0 Å². The summed E-state index contributed by atoms with van der Waals surface area (Å²) in [5.41, 5.74) is 5.39. The van der Waals surface area contributed by atoms with Crippen molar-refractivity contribution in [2.24, 2.45) is 5.73 Å². The van der Waals surface area contributed by atoms with Crippen LogP contribution in [0.5, 0.6) is 5.88 Å². The standard InChI is InChI=1S/C9H11N3O2/c1-5-3-8(13)12(6(2)11)9(14)7(5)4-10/h3,6,13H,11H2,1-2H3. The third-order valence-electron chi connectivity index (χ3n) is 1.94. The molecule has 0 bridgehead atoms. The quantitative estimate of drug-likeness (QED) is 0.666. The number of nitrogens with two attached hydrogens (primary N) is 1. The number of pyridine rings is 1. The van der Waals surface area contributed by atoms with E-state index in [4.69, 9.17) is 11.0 Å². The van der Waals surface area contributed by atoms with Gasteiger partial charge in [0.05, 0.1) is 6.17 Å². The van der Waals surface area contributed by atoms with Gasteiger partial charge in [-0.1, -0.05) is 0 Å². The molecule has 0 aliphatic heterocycles. The number of aromatic nitrogens is 1. The number of rotatable bonds is 1. The lowest BCUT2D eigenvalue weighted by molar-refractivity contribution is 0.381. The number of hydrogen-bond acceptors (Lipinski definition) is 4. The zero-order valence-electron chi connectivity index (χ0n) is 7.98. The lowest BCUT2D eigenvalue weighted by atomic mass is 10.1. The Labute approximate surface area is 81.0 Å². The first-order valence-corrected chi connectivity index (χ1v) is 4.09. The summed E-state index contributed by atoms with van der Waals surface area (Å²) in [7, 11) is 0. The Balaban J connectivity index is 3.63. The minimum absolute atomic E-state index is 0.0140. The summed E-state index contributed by atoms with van der Waals surface area (Å²) in [6.07, 6.45) is -0.657. The second kappa shape index (κ2) is 3.52. The predicted octanol–water partition coefficient (Wildman–Crippen LogP) is 0.211.